The number of hydrogen-bond acceptors (Lipinski definition) is 4. The highest BCUT2D eigenvalue weighted by Crippen LogP contribution is 2.29. The highest BCUT2D eigenvalue weighted by atomic mass is 16.2. The van der Waals surface area contributed by atoms with Crippen LogP contribution in [-0.4, -0.2) is 39.5 Å². The van der Waals surface area contributed by atoms with Crippen LogP contribution in [0.15, 0.2) is 6.20 Å². The third-order valence-electron chi connectivity index (χ3n) is 5.00. The van der Waals surface area contributed by atoms with E-state index in [0.29, 0.717) is 30.4 Å². The van der Waals surface area contributed by atoms with Crippen LogP contribution in [0.5, 0.6) is 0 Å². The zero-order chi connectivity index (χ0) is 15.7. The van der Waals surface area contributed by atoms with Gasteiger partial charge in [-0.1, -0.05) is 12.8 Å². The average Bonchev–Trinajstić information content (AvgIpc) is 3.15. The van der Waals surface area contributed by atoms with Crippen LogP contribution in [0.1, 0.15) is 48.9 Å². The zero-order valence-electron chi connectivity index (χ0n) is 13.1. The molecule has 6 nitrogen and oxygen atoms in total. The van der Waals surface area contributed by atoms with Crippen molar-refractivity contribution in [3.63, 3.8) is 0 Å². The highest BCUT2D eigenvalue weighted by Gasteiger charge is 2.33. The number of nitrogens with two attached hydrogens (primary N) is 1. The van der Waals surface area contributed by atoms with Crippen LogP contribution in [0.4, 0.5) is 5.82 Å². The fourth-order valence-electron chi connectivity index (χ4n) is 3.71. The van der Waals surface area contributed by atoms with Crippen molar-refractivity contribution in [3.8, 4) is 0 Å². The molecule has 2 aliphatic rings. The minimum atomic E-state index is -0.0425. The van der Waals surface area contributed by atoms with Crippen molar-refractivity contribution >= 4 is 17.5 Å². The lowest BCUT2D eigenvalue weighted by molar-refractivity contribution is -0.136. The van der Waals surface area contributed by atoms with Gasteiger partial charge in [0, 0.05) is 38.2 Å². The molecule has 0 aromatic carbocycles. The van der Waals surface area contributed by atoms with Crippen LogP contribution in [0.2, 0.25) is 0 Å². The minimum absolute atomic E-state index is 0.0425. The van der Waals surface area contributed by atoms with Gasteiger partial charge in [-0.3, -0.25) is 14.3 Å². The standard InChI is InChI=1S/C16H24N4O2/c1-19-10-13(15(17)18-19)14(21)11-6-8-20(9-7-11)16(22)12-4-2-3-5-12/h10-12H,2-9H2,1H3,(H2,17,18). The third-order valence-corrected chi connectivity index (χ3v) is 5.00. The van der Waals surface area contributed by atoms with E-state index in [1.807, 2.05) is 4.90 Å². The summed E-state index contributed by atoms with van der Waals surface area (Å²) >= 11 is 0. The Labute approximate surface area is 130 Å². The van der Waals surface area contributed by atoms with Crippen molar-refractivity contribution in [2.24, 2.45) is 18.9 Å². The van der Waals surface area contributed by atoms with E-state index in [1.165, 1.54) is 12.8 Å². The van der Waals surface area contributed by atoms with E-state index in [2.05, 4.69) is 5.10 Å². The molecule has 2 heterocycles. The van der Waals surface area contributed by atoms with E-state index in [1.54, 1.807) is 17.9 Å². The summed E-state index contributed by atoms with van der Waals surface area (Å²) in [6, 6.07) is 0. The first-order valence-electron chi connectivity index (χ1n) is 8.18. The minimum Gasteiger partial charge on any atom is -0.382 e. The van der Waals surface area contributed by atoms with Gasteiger partial charge in [-0.15, -0.1) is 0 Å². The van der Waals surface area contributed by atoms with Gasteiger partial charge in [-0.25, -0.2) is 0 Å². The Morgan fingerprint density at radius 1 is 1.14 bits per heavy atom. The fraction of sp³-hybridized carbons (Fsp3) is 0.688. The van der Waals surface area contributed by atoms with E-state index in [-0.39, 0.29) is 17.6 Å². The Morgan fingerprint density at radius 3 is 2.32 bits per heavy atom. The molecule has 0 radical (unpaired) electrons. The number of aromatic nitrogens is 2. The molecule has 0 spiro atoms. The van der Waals surface area contributed by atoms with Gasteiger partial charge in [0.15, 0.2) is 11.6 Å². The molecule has 0 unspecified atom stereocenters. The third kappa shape index (κ3) is 2.87. The summed E-state index contributed by atoms with van der Waals surface area (Å²) in [5.74, 6) is 0.847. The lowest BCUT2D eigenvalue weighted by atomic mass is 9.89. The van der Waals surface area contributed by atoms with Crippen molar-refractivity contribution in [3.05, 3.63) is 11.8 Å². The molecule has 0 atom stereocenters. The number of nitrogens with zero attached hydrogens (tertiary/aromatic N) is 3. The van der Waals surface area contributed by atoms with Crippen molar-refractivity contribution in [1.29, 1.82) is 0 Å². The molecular formula is C16H24N4O2. The molecule has 6 heteroatoms. The Hall–Kier alpha value is -1.85. The Kier molecular flexibility index (Phi) is 4.18. The van der Waals surface area contributed by atoms with E-state index < -0.39 is 0 Å². The second kappa shape index (κ2) is 6.10. The monoisotopic (exact) mass is 304 g/mol. The lowest BCUT2D eigenvalue weighted by Crippen LogP contribution is -2.42. The SMILES string of the molecule is Cn1cc(C(=O)C2CCN(C(=O)C3CCCC3)CC2)c(N)n1. The molecule has 2 N–H and O–H groups in total. The number of carbonyl (C=O) groups is 2. The summed E-state index contributed by atoms with van der Waals surface area (Å²) in [6.07, 6.45) is 7.55. The normalized spacial score (nSPS) is 20.5. The maximum Gasteiger partial charge on any atom is 0.225 e. The molecule has 120 valence electrons. The van der Waals surface area contributed by atoms with Crippen LogP contribution in [0.3, 0.4) is 0 Å². The zero-order valence-corrected chi connectivity index (χ0v) is 13.1. The molecule has 2 fully saturated rings. The van der Waals surface area contributed by atoms with E-state index >= 15 is 0 Å². The summed E-state index contributed by atoms with van der Waals surface area (Å²) in [6.45, 7) is 1.37. The summed E-state index contributed by atoms with van der Waals surface area (Å²) in [4.78, 5) is 26.9. The largest absolute Gasteiger partial charge is 0.382 e. The topological polar surface area (TPSA) is 81.2 Å². The lowest BCUT2D eigenvalue weighted by Gasteiger charge is -2.33. The second-order valence-electron chi connectivity index (χ2n) is 6.55. The van der Waals surface area contributed by atoms with Gasteiger partial charge in [0.1, 0.15) is 0 Å². The Bertz CT molecular complexity index is 567. The number of ketones is 1. The van der Waals surface area contributed by atoms with E-state index in [0.717, 1.165) is 25.7 Å². The quantitative estimate of drug-likeness (QED) is 0.860. The number of Topliss-reactive ketones (excluding diaryl/α,β-unsaturated/α-hetero) is 1. The number of aryl methyl sites for hydroxylation is 1. The Balaban J connectivity index is 1.58. The van der Waals surface area contributed by atoms with Crippen molar-refractivity contribution in [2.75, 3.05) is 18.8 Å². The number of nitrogen functional groups attached to an aromatic ring is 1. The molecular weight excluding hydrogens is 280 g/mol. The summed E-state index contributed by atoms with van der Waals surface area (Å²) in [5, 5.41) is 4.03. The number of hydrogen-bond donors (Lipinski definition) is 1. The number of rotatable bonds is 3. The number of amides is 1. The summed E-state index contributed by atoms with van der Waals surface area (Å²) in [5.41, 5.74) is 6.31. The molecule has 1 aliphatic carbocycles. The first-order chi connectivity index (χ1) is 10.6. The van der Waals surface area contributed by atoms with Crippen molar-refractivity contribution in [1.82, 2.24) is 14.7 Å². The molecule has 3 rings (SSSR count). The first-order valence-corrected chi connectivity index (χ1v) is 8.18. The van der Waals surface area contributed by atoms with Crippen LogP contribution < -0.4 is 5.73 Å². The van der Waals surface area contributed by atoms with Gasteiger partial charge in [-0.05, 0) is 25.7 Å². The predicted molar refractivity (Wildman–Crippen MR) is 83.2 cm³/mol. The first kappa shape index (κ1) is 15.1. The number of carbonyl (C=O) groups excluding carboxylic acids is 2. The van der Waals surface area contributed by atoms with Crippen LogP contribution in [-0.2, 0) is 11.8 Å². The average molecular weight is 304 g/mol. The molecule has 1 saturated carbocycles. The van der Waals surface area contributed by atoms with Crippen molar-refractivity contribution in [2.45, 2.75) is 38.5 Å². The van der Waals surface area contributed by atoms with Gasteiger partial charge in [0.2, 0.25) is 5.91 Å². The van der Waals surface area contributed by atoms with Gasteiger partial charge >= 0.3 is 0 Å². The predicted octanol–water partition coefficient (Wildman–Crippen LogP) is 1.61. The number of piperidine rings is 1. The molecule has 22 heavy (non-hydrogen) atoms. The molecule has 1 aliphatic heterocycles. The second-order valence-corrected chi connectivity index (χ2v) is 6.55. The fourth-order valence-corrected chi connectivity index (χ4v) is 3.71. The van der Waals surface area contributed by atoms with Gasteiger partial charge in [-0.2, -0.15) is 5.10 Å². The van der Waals surface area contributed by atoms with Crippen LogP contribution in [0.25, 0.3) is 0 Å². The maximum absolute atomic E-state index is 12.5. The Morgan fingerprint density at radius 2 is 1.77 bits per heavy atom. The highest BCUT2D eigenvalue weighted by molar-refractivity contribution is 6.01. The molecule has 0 bridgehead atoms. The van der Waals surface area contributed by atoms with Gasteiger partial charge in [0.25, 0.3) is 0 Å². The molecule has 1 aromatic rings. The van der Waals surface area contributed by atoms with E-state index in [9.17, 15) is 9.59 Å². The smallest absolute Gasteiger partial charge is 0.225 e. The molecule has 1 amide bonds. The summed E-state index contributed by atoms with van der Waals surface area (Å²) in [7, 11) is 1.76. The van der Waals surface area contributed by atoms with Crippen LogP contribution in [0, 0.1) is 11.8 Å². The number of likely N-dealkylation sites (tertiary alicyclic amines) is 1. The maximum atomic E-state index is 12.5. The van der Waals surface area contributed by atoms with Crippen LogP contribution >= 0.6 is 0 Å². The van der Waals surface area contributed by atoms with Gasteiger partial charge in [0.05, 0.1) is 5.56 Å². The number of anilines is 1. The van der Waals surface area contributed by atoms with Gasteiger partial charge < -0.3 is 10.6 Å². The van der Waals surface area contributed by atoms with E-state index in [4.69, 9.17) is 5.73 Å². The molecule has 1 aromatic heterocycles. The molecule has 1 saturated heterocycles. The summed E-state index contributed by atoms with van der Waals surface area (Å²) < 4.78 is 1.57. The van der Waals surface area contributed by atoms with Crippen molar-refractivity contribution < 1.29 is 9.59 Å².